The summed E-state index contributed by atoms with van der Waals surface area (Å²) in [5.74, 6) is -1.57. The number of piperazine rings is 1. The van der Waals surface area contributed by atoms with E-state index in [4.69, 9.17) is 0 Å². The summed E-state index contributed by atoms with van der Waals surface area (Å²) in [6.07, 6.45) is 0. The molecule has 2 aromatic rings. The van der Waals surface area contributed by atoms with Gasteiger partial charge in [0.1, 0.15) is 0 Å². The molecule has 1 fully saturated rings. The summed E-state index contributed by atoms with van der Waals surface area (Å²) < 4.78 is 26.7. The Morgan fingerprint density at radius 2 is 1.46 bits per heavy atom. The monoisotopic (exact) mass is 373 g/mol. The number of hydrogen-bond donors (Lipinski definition) is 0. The van der Waals surface area contributed by atoms with E-state index in [0.717, 1.165) is 6.07 Å². The number of carboxylic acids is 1. The molecule has 0 aliphatic carbocycles. The first-order valence-corrected chi connectivity index (χ1v) is 9.49. The molecule has 0 bridgehead atoms. The van der Waals surface area contributed by atoms with Gasteiger partial charge in [0.2, 0.25) is 10.0 Å². The van der Waals surface area contributed by atoms with Gasteiger partial charge < -0.3 is 14.8 Å². The van der Waals surface area contributed by atoms with E-state index in [2.05, 4.69) is 0 Å². The second kappa shape index (κ2) is 7.27. The average Bonchev–Trinajstić information content (AvgIpc) is 2.68. The van der Waals surface area contributed by atoms with Crippen LogP contribution < -0.4 is 5.11 Å². The van der Waals surface area contributed by atoms with E-state index < -0.39 is 16.0 Å². The van der Waals surface area contributed by atoms with Crippen molar-refractivity contribution in [2.45, 2.75) is 4.90 Å². The van der Waals surface area contributed by atoms with Crippen LogP contribution in [0.3, 0.4) is 0 Å². The van der Waals surface area contributed by atoms with Gasteiger partial charge in [0, 0.05) is 31.7 Å². The van der Waals surface area contributed by atoms with Crippen molar-refractivity contribution >= 4 is 21.9 Å². The number of benzene rings is 2. The van der Waals surface area contributed by atoms with E-state index in [-0.39, 0.29) is 42.5 Å². The molecule has 0 unspecified atom stereocenters. The van der Waals surface area contributed by atoms with Gasteiger partial charge in [-0.2, -0.15) is 4.31 Å². The van der Waals surface area contributed by atoms with Crippen LogP contribution in [0.1, 0.15) is 20.7 Å². The highest BCUT2D eigenvalue weighted by Crippen LogP contribution is 2.19. The number of carbonyl (C=O) groups is 2. The minimum absolute atomic E-state index is 0.0953. The molecule has 1 saturated heterocycles. The first-order valence-electron chi connectivity index (χ1n) is 8.05. The third-order valence-electron chi connectivity index (χ3n) is 4.25. The lowest BCUT2D eigenvalue weighted by Gasteiger charge is -2.34. The first-order chi connectivity index (χ1) is 12.4. The zero-order valence-corrected chi connectivity index (χ0v) is 14.7. The number of sulfonamides is 1. The Bertz CT molecular complexity index is 920. The molecule has 26 heavy (non-hydrogen) atoms. The van der Waals surface area contributed by atoms with E-state index in [1.54, 1.807) is 29.2 Å². The minimum Gasteiger partial charge on any atom is -0.545 e. The molecule has 0 spiro atoms. The first kappa shape index (κ1) is 18.1. The van der Waals surface area contributed by atoms with Gasteiger partial charge in [-0.05, 0) is 29.8 Å². The Morgan fingerprint density at radius 3 is 2.08 bits per heavy atom. The largest absolute Gasteiger partial charge is 0.545 e. The highest BCUT2D eigenvalue weighted by molar-refractivity contribution is 7.89. The van der Waals surface area contributed by atoms with E-state index >= 15 is 0 Å². The molecule has 3 rings (SSSR count). The maximum absolute atomic E-state index is 12.7. The summed E-state index contributed by atoms with van der Waals surface area (Å²) in [6, 6.07) is 13.9. The van der Waals surface area contributed by atoms with Gasteiger partial charge in [-0.1, -0.05) is 30.3 Å². The Hall–Kier alpha value is -2.71. The number of nitrogens with zero attached hydrogens (tertiary/aromatic N) is 2. The van der Waals surface area contributed by atoms with Crippen molar-refractivity contribution in [2.24, 2.45) is 0 Å². The van der Waals surface area contributed by atoms with Crippen molar-refractivity contribution < 1.29 is 23.1 Å². The van der Waals surface area contributed by atoms with E-state index in [9.17, 15) is 23.1 Å². The van der Waals surface area contributed by atoms with Gasteiger partial charge >= 0.3 is 0 Å². The van der Waals surface area contributed by atoms with Gasteiger partial charge in [-0.15, -0.1) is 0 Å². The van der Waals surface area contributed by atoms with Gasteiger partial charge in [-0.3, -0.25) is 4.79 Å². The zero-order valence-electron chi connectivity index (χ0n) is 13.9. The van der Waals surface area contributed by atoms with Gasteiger partial charge in [-0.25, -0.2) is 8.42 Å². The molecule has 0 radical (unpaired) electrons. The van der Waals surface area contributed by atoms with Crippen LogP contribution in [0, 0.1) is 0 Å². The van der Waals surface area contributed by atoms with Crippen LogP contribution >= 0.6 is 0 Å². The van der Waals surface area contributed by atoms with Crippen LogP contribution in [0.5, 0.6) is 0 Å². The molecular weight excluding hydrogens is 356 g/mol. The normalized spacial score (nSPS) is 15.6. The van der Waals surface area contributed by atoms with Gasteiger partial charge in [0.15, 0.2) is 0 Å². The van der Waals surface area contributed by atoms with Crippen LogP contribution in [0.15, 0.2) is 59.5 Å². The highest BCUT2D eigenvalue weighted by atomic mass is 32.2. The number of carboxylic acid groups (broad SMARTS) is 1. The van der Waals surface area contributed by atoms with Crippen molar-refractivity contribution in [3.05, 3.63) is 65.7 Å². The third kappa shape index (κ3) is 3.61. The quantitative estimate of drug-likeness (QED) is 0.762. The Kier molecular flexibility index (Phi) is 5.06. The maximum Gasteiger partial charge on any atom is 0.253 e. The third-order valence-corrected chi connectivity index (χ3v) is 6.15. The molecule has 0 saturated carbocycles. The zero-order chi connectivity index (χ0) is 18.7. The summed E-state index contributed by atoms with van der Waals surface area (Å²) in [6.45, 7) is 0.840. The SMILES string of the molecule is O=C([O-])c1cccc(S(=O)(=O)N2CCN(C(=O)c3ccccc3)CC2)c1. The fourth-order valence-electron chi connectivity index (χ4n) is 2.83. The molecular formula is C18H17N2O5S-. The molecule has 0 N–H and O–H groups in total. The average molecular weight is 373 g/mol. The second-order valence-electron chi connectivity index (χ2n) is 5.88. The Balaban J connectivity index is 1.72. The van der Waals surface area contributed by atoms with Crippen LogP contribution in [-0.2, 0) is 10.0 Å². The maximum atomic E-state index is 12.7. The summed E-state index contributed by atoms with van der Waals surface area (Å²) in [7, 11) is -3.83. The van der Waals surface area contributed by atoms with Crippen molar-refractivity contribution in [1.82, 2.24) is 9.21 Å². The molecule has 1 aliphatic heterocycles. The lowest BCUT2D eigenvalue weighted by atomic mass is 10.2. The molecule has 1 heterocycles. The van der Waals surface area contributed by atoms with Crippen LogP contribution in [0.4, 0.5) is 0 Å². The van der Waals surface area contributed by atoms with Gasteiger partial charge in [0.25, 0.3) is 5.91 Å². The van der Waals surface area contributed by atoms with E-state index in [0.29, 0.717) is 5.56 Å². The lowest BCUT2D eigenvalue weighted by Crippen LogP contribution is -2.50. The predicted molar refractivity (Wildman–Crippen MR) is 91.9 cm³/mol. The number of amides is 1. The molecule has 1 aliphatic rings. The molecule has 2 aromatic carbocycles. The summed E-state index contributed by atoms with van der Waals surface area (Å²) >= 11 is 0. The number of hydrogen-bond acceptors (Lipinski definition) is 5. The van der Waals surface area contributed by atoms with Crippen molar-refractivity contribution in [3.63, 3.8) is 0 Å². The second-order valence-corrected chi connectivity index (χ2v) is 7.82. The number of aromatic carboxylic acids is 1. The number of rotatable bonds is 4. The van der Waals surface area contributed by atoms with Crippen LogP contribution in [-0.4, -0.2) is 55.7 Å². The molecule has 1 amide bonds. The Morgan fingerprint density at radius 1 is 0.846 bits per heavy atom. The van der Waals surface area contributed by atoms with E-state index in [1.807, 2.05) is 6.07 Å². The fraction of sp³-hybridized carbons (Fsp3) is 0.222. The molecule has 7 nitrogen and oxygen atoms in total. The Labute approximate surface area is 151 Å². The smallest absolute Gasteiger partial charge is 0.253 e. The molecule has 8 heteroatoms. The minimum atomic E-state index is -3.83. The van der Waals surface area contributed by atoms with Gasteiger partial charge in [0.05, 0.1) is 10.9 Å². The van der Waals surface area contributed by atoms with Crippen LogP contribution in [0.2, 0.25) is 0 Å². The van der Waals surface area contributed by atoms with Crippen molar-refractivity contribution in [1.29, 1.82) is 0 Å². The molecule has 0 atom stereocenters. The molecule has 136 valence electrons. The summed E-state index contributed by atoms with van der Waals surface area (Å²) in [5, 5.41) is 10.9. The van der Waals surface area contributed by atoms with Crippen molar-refractivity contribution in [3.8, 4) is 0 Å². The summed E-state index contributed by atoms with van der Waals surface area (Å²) in [5.41, 5.74) is 0.370. The predicted octanol–water partition coefficient (Wildman–Crippen LogP) is 0.197. The highest BCUT2D eigenvalue weighted by Gasteiger charge is 2.30. The molecule has 0 aromatic heterocycles. The van der Waals surface area contributed by atoms with Crippen LogP contribution in [0.25, 0.3) is 0 Å². The summed E-state index contributed by atoms with van der Waals surface area (Å²) in [4.78, 5) is 24.9. The lowest BCUT2D eigenvalue weighted by molar-refractivity contribution is -0.255. The standard InChI is InChI=1S/C18H18N2O5S/c21-17(14-5-2-1-3-6-14)19-9-11-20(12-10-19)26(24,25)16-8-4-7-15(13-16)18(22)23/h1-8,13H,9-12H2,(H,22,23)/p-1. The van der Waals surface area contributed by atoms with Crippen molar-refractivity contribution in [2.75, 3.05) is 26.2 Å². The fourth-order valence-corrected chi connectivity index (χ4v) is 4.30. The topological polar surface area (TPSA) is 97.8 Å². The number of carbonyl (C=O) groups excluding carboxylic acids is 2. The van der Waals surface area contributed by atoms with E-state index in [1.165, 1.54) is 22.5 Å².